The number of aryl methyl sites for hydroxylation is 1. The second-order valence-corrected chi connectivity index (χ2v) is 6.29. The number of anilines is 1. The first-order valence-electron chi connectivity index (χ1n) is 6.75. The molecule has 1 atom stereocenters. The number of carbonyl (C=O) groups is 1. The van der Waals surface area contributed by atoms with Crippen molar-refractivity contribution in [2.75, 3.05) is 5.32 Å². The Morgan fingerprint density at radius 1 is 1.48 bits per heavy atom. The van der Waals surface area contributed by atoms with Gasteiger partial charge in [0, 0.05) is 21.3 Å². The van der Waals surface area contributed by atoms with Crippen LogP contribution in [0.15, 0.2) is 34.1 Å². The second kappa shape index (κ2) is 4.36. The number of nitrogens with one attached hydrogen (secondary N) is 2. The molecule has 0 radical (unpaired) electrons. The fourth-order valence-corrected chi connectivity index (χ4v) is 3.66. The fourth-order valence-electron chi connectivity index (χ4n) is 3.30. The van der Waals surface area contributed by atoms with Gasteiger partial charge in [-0.05, 0) is 25.1 Å². The molecule has 8 heteroatoms. The molecule has 2 aromatic rings. The Balaban J connectivity index is 2.19. The van der Waals surface area contributed by atoms with Crippen LogP contribution < -0.4 is 15.8 Å². The standard InChI is InChI=1S/C15H10BrN5O2/c1-6-11-13(21-20-6)19-14(22)15(11)8-4-7(16)2-3-10(8)23-12(18)9(15)5-17/h2-4H,18H2,1H3,(H2,19,20,21,22). The number of amides is 1. The number of carbonyl (C=O) groups excluding carboxylic acids is 1. The summed E-state index contributed by atoms with van der Waals surface area (Å²) in [6.45, 7) is 1.80. The first kappa shape index (κ1) is 13.8. The van der Waals surface area contributed by atoms with Crippen molar-refractivity contribution in [1.29, 1.82) is 5.26 Å². The summed E-state index contributed by atoms with van der Waals surface area (Å²) >= 11 is 3.41. The minimum atomic E-state index is -1.36. The van der Waals surface area contributed by atoms with E-state index in [1.54, 1.807) is 25.1 Å². The molecule has 2 aliphatic rings. The van der Waals surface area contributed by atoms with Crippen LogP contribution in [-0.2, 0) is 10.2 Å². The Morgan fingerprint density at radius 3 is 3.00 bits per heavy atom. The zero-order valence-electron chi connectivity index (χ0n) is 11.9. The number of hydrogen-bond donors (Lipinski definition) is 3. The summed E-state index contributed by atoms with van der Waals surface area (Å²) in [5.74, 6) is 0.398. The van der Waals surface area contributed by atoms with Gasteiger partial charge < -0.3 is 15.8 Å². The van der Waals surface area contributed by atoms with E-state index in [1.807, 2.05) is 6.07 Å². The maximum Gasteiger partial charge on any atom is 0.246 e. The first-order valence-corrected chi connectivity index (χ1v) is 7.54. The predicted molar refractivity (Wildman–Crippen MR) is 84.3 cm³/mol. The number of aromatic amines is 1. The predicted octanol–water partition coefficient (Wildman–Crippen LogP) is 1.81. The highest BCUT2D eigenvalue weighted by Crippen LogP contribution is 2.53. The maximum absolute atomic E-state index is 12.9. The molecule has 0 bridgehead atoms. The van der Waals surface area contributed by atoms with Crippen LogP contribution >= 0.6 is 15.9 Å². The molecule has 1 aromatic carbocycles. The molecule has 2 aliphatic heterocycles. The van der Waals surface area contributed by atoms with Gasteiger partial charge in [-0.3, -0.25) is 9.89 Å². The maximum atomic E-state index is 12.9. The summed E-state index contributed by atoms with van der Waals surface area (Å²) < 4.78 is 6.32. The third-order valence-corrected chi connectivity index (χ3v) is 4.69. The van der Waals surface area contributed by atoms with Crippen molar-refractivity contribution in [2.24, 2.45) is 5.73 Å². The van der Waals surface area contributed by atoms with E-state index in [0.717, 1.165) is 4.47 Å². The monoisotopic (exact) mass is 371 g/mol. The number of nitrogens with zero attached hydrogens (tertiary/aromatic N) is 2. The van der Waals surface area contributed by atoms with Crippen molar-refractivity contribution >= 4 is 27.7 Å². The molecule has 1 spiro atoms. The summed E-state index contributed by atoms with van der Waals surface area (Å²) in [5.41, 5.74) is 6.49. The fraction of sp³-hybridized carbons (Fsp3) is 0.133. The number of rotatable bonds is 0. The summed E-state index contributed by atoms with van der Waals surface area (Å²) in [6, 6.07) is 7.31. The molecular formula is C15H10BrN5O2. The topological polar surface area (TPSA) is 117 Å². The highest BCUT2D eigenvalue weighted by atomic mass is 79.9. The number of fused-ring (bicyclic) bond motifs is 4. The van der Waals surface area contributed by atoms with Crippen LogP contribution in [0.5, 0.6) is 5.75 Å². The van der Waals surface area contributed by atoms with Gasteiger partial charge in [0.2, 0.25) is 11.8 Å². The van der Waals surface area contributed by atoms with E-state index in [4.69, 9.17) is 10.5 Å². The van der Waals surface area contributed by atoms with E-state index in [2.05, 4.69) is 31.4 Å². The van der Waals surface area contributed by atoms with Crippen LogP contribution in [0.4, 0.5) is 5.82 Å². The molecule has 0 saturated heterocycles. The Labute approximate surface area is 139 Å². The molecule has 4 N–H and O–H groups in total. The van der Waals surface area contributed by atoms with Crippen LogP contribution in [0, 0.1) is 18.3 Å². The zero-order valence-corrected chi connectivity index (χ0v) is 13.5. The molecule has 0 fully saturated rings. The van der Waals surface area contributed by atoms with Gasteiger partial charge in [0.1, 0.15) is 22.8 Å². The lowest BCUT2D eigenvalue weighted by Crippen LogP contribution is -2.42. The normalized spacial score (nSPS) is 21.5. The molecule has 114 valence electrons. The van der Waals surface area contributed by atoms with Crippen LogP contribution in [-0.4, -0.2) is 16.1 Å². The SMILES string of the molecule is Cc1[nH]nc2c1C1(C(=O)N2)C(C#N)=C(N)Oc2ccc(Br)cc21. The van der Waals surface area contributed by atoms with E-state index in [0.29, 0.717) is 28.4 Å². The summed E-state index contributed by atoms with van der Waals surface area (Å²) in [6.07, 6.45) is 0. The van der Waals surface area contributed by atoms with Gasteiger partial charge in [0.15, 0.2) is 5.82 Å². The lowest BCUT2D eigenvalue weighted by molar-refractivity contribution is -0.118. The van der Waals surface area contributed by atoms with Crippen molar-refractivity contribution in [1.82, 2.24) is 10.2 Å². The minimum Gasteiger partial charge on any atom is -0.440 e. The molecule has 23 heavy (non-hydrogen) atoms. The molecular weight excluding hydrogens is 362 g/mol. The van der Waals surface area contributed by atoms with Crippen molar-refractivity contribution in [3.8, 4) is 11.8 Å². The third-order valence-electron chi connectivity index (χ3n) is 4.19. The molecule has 3 heterocycles. The number of ether oxygens (including phenoxy) is 1. The number of hydrogen-bond acceptors (Lipinski definition) is 5. The largest absolute Gasteiger partial charge is 0.440 e. The Morgan fingerprint density at radius 2 is 2.26 bits per heavy atom. The summed E-state index contributed by atoms with van der Waals surface area (Å²) in [4.78, 5) is 12.9. The van der Waals surface area contributed by atoms with E-state index in [-0.39, 0.29) is 17.4 Å². The molecule has 0 aliphatic carbocycles. The lowest BCUT2D eigenvalue weighted by atomic mass is 9.69. The summed E-state index contributed by atoms with van der Waals surface area (Å²) in [7, 11) is 0. The van der Waals surface area contributed by atoms with Crippen LogP contribution in [0.2, 0.25) is 0 Å². The Hall–Kier alpha value is -2.79. The number of nitriles is 1. The number of H-pyrrole nitrogens is 1. The van der Waals surface area contributed by atoms with Crippen molar-refractivity contribution < 1.29 is 9.53 Å². The summed E-state index contributed by atoms with van der Waals surface area (Å²) in [5, 5.41) is 19.3. The highest BCUT2D eigenvalue weighted by Gasteiger charge is 2.58. The second-order valence-electron chi connectivity index (χ2n) is 5.37. The van der Waals surface area contributed by atoms with Gasteiger partial charge in [-0.15, -0.1) is 0 Å². The lowest BCUT2D eigenvalue weighted by Gasteiger charge is -2.33. The van der Waals surface area contributed by atoms with Gasteiger partial charge >= 0.3 is 0 Å². The molecule has 0 saturated carbocycles. The highest BCUT2D eigenvalue weighted by molar-refractivity contribution is 9.10. The van der Waals surface area contributed by atoms with Gasteiger partial charge in [-0.1, -0.05) is 15.9 Å². The van der Waals surface area contributed by atoms with E-state index in [9.17, 15) is 10.1 Å². The molecule has 7 nitrogen and oxygen atoms in total. The van der Waals surface area contributed by atoms with Gasteiger partial charge in [0.25, 0.3) is 0 Å². The first-order chi connectivity index (χ1) is 11.0. The zero-order chi connectivity index (χ0) is 16.4. The molecule has 4 rings (SSSR count). The Kier molecular flexibility index (Phi) is 2.63. The minimum absolute atomic E-state index is 0.0591. The van der Waals surface area contributed by atoms with Crippen LogP contribution in [0.25, 0.3) is 0 Å². The van der Waals surface area contributed by atoms with Gasteiger partial charge in [-0.25, -0.2) is 0 Å². The quantitative estimate of drug-likeness (QED) is 0.652. The average Bonchev–Trinajstić information content (AvgIpc) is 3.00. The van der Waals surface area contributed by atoms with Gasteiger partial charge in [-0.2, -0.15) is 10.4 Å². The molecule has 1 aromatic heterocycles. The van der Waals surface area contributed by atoms with E-state index >= 15 is 0 Å². The number of aromatic nitrogens is 2. The van der Waals surface area contributed by atoms with E-state index in [1.165, 1.54) is 0 Å². The Bertz CT molecular complexity index is 955. The third kappa shape index (κ3) is 1.52. The number of nitrogens with two attached hydrogens (primary N) is 1. The number of benzene rings is 1. The average molecular weight is 372 g/mol. The van der Waals surface area contributed by atoms with Crippen LogP contribution in [0.1, 0.15) is 16.8 Å². The molecule has 1 unspecified atom stereocenters. The van der Waals surface area contributed by atoms with Crippen molar-refractivity contribution in [3.05, 3.63) is 50.9 Å². The smallest absolute Gasteiger partial charge is 0.246 e. The number of halogens is 1. The van der Waals surface area contributed by atoms with Crippen molar-refractivity contribution in [3.63, 3.8) is 0 Å². The van der Waals surface area contributed by atoms with Crippen LogP contribution in [0.3, 0.4) is 0 Å². The van der Waals surface area contributed by atoms with Crippen molar-refractivity contribution in [2.45, 2.75) is 12.3 Å². The molecule has 1 amide bonds. The van der Waals surface area contributed by atoms with Gasteiger partial charge in [0.05, 0.1) is 0 Å². The van der Waals surface area contributed by atoms with E-state index < -0.39 is 5.41 Å².